The summed E-state index contributed by atoms with van der Waals surface area (Å²) in [5, 5.41) is 6.86. The van der Waals surface area contributed by atoms with Crippen molar-refractivity contribution in [2.45, 2.75) is 13.0 Å². The van der Waals surface area contributed by atoms with Gasteiger partial charge in [0.25, 0.3) is 11.5 Å². The Morgan fingerprint density at radius 1 is 1.35 bits per heavy atom. The largest absolute Gasteiger partial charge is 0.370 e. The fraction of sp³-hybridized carbons (Fsp3) is 0.154. The van der Waals surface area contributed by atoms with Crippen molar-refractivity contribution in [2.24, 2.45) is 5.73 Å². The second-order valence-corrected chi connectivity index (χ2v) is 4.79. The van der Waals surface area contributed by atoms with Crippen LogP contribution in [0.2, 0.25) is 0 Å². The van der Waals surface area contributed by atoms with E-state index in [9.17, 15) is 14.4 Å². The molecule has 2 amide bonds. The predicted molar refractivity (Wildman–Crippen MR) is 80.7 cm³/mol. The number of fused-ring (bicyclic) bond motifs is 1. The first kappa shape index (κ1) is 14.5. The lowest BCUT2D eigenvalue weighted by atomic mass is 10.2. The Morgan fingerprint density at radius 2 is 2.17 bits per heavy atom. The van der Waals surface area contributed by atoms with Crippen LogP contribution in [0.4, 0.5) is 5.82 Å². The molecule has 0 aliphatic rings. The van der Waals surface area contributed by atoms with Gasteiger partial charge in [-0.1, -0.05) is 0 Å². The summed E-state index contributed by atoms with van der Waals surface area (Å²) in [6, 6.07) is 1.58. The maximum atomic E-state index is 12.3. The minimum Gasteiger partial charge on any atom is -0.370 e. The molecule has 0 saturated heterocycles. The number of hydrogen-bond acceptors (Lipinski definition) is 5. The highest BCUT2D eigenvalue weighted by molar-refractivity contribution is 6.11. The van der Waals surface area contributed by atoms with E-state index in [4.69, 9.17) is 5.73 Å². The van der Waals surface area contributed by atoms with Crippen LogP contribution in [0.5, 0.6) is 0 Å². The summed E-state index contributed by atoms with van der Waals surface area (Å²) in [6.45, 7) is 0.321. The summed E-state index contributed by atoms with van der Waals surface area (Å²) < 4.78 is 1.49. The van der Waals surface area contributed by atoms with Gasteiger partial charge in [-0.2, -0.15) is 5.10 Å². The summed E-state index contributed by atoms with van der Waals surface area (Å²) in [6.07, 6.45) is 4.43. The molecule has 0 aromatic carbocycles. The van der Waals surface area contributed by atoms with Crippen LogP contribution in [0.3, 0.4) is 0 Å². The lowest BCUT2D eigenvalue weighted by Crippen LogP contribution is -2.16. The molecule has 0 spiro atoms. The summed E-state index contributed by atoms with van der Waals surface area (Å²) in [7, 11) is 0. The molecule has 118 valence electrons. The zero-order valence-corrected chi connectivity index (χ0v) is 11.9. The zero-order valence-electron chi connectivity index (χ0n) is 11.9. The Bertz CT molecular complexity index is 936. The fourth-order valence-electron chi connectivity index (χ4n) is 2.11. The number of nitrogens with zero attached hydrogens (tertiary/aromatic N) is 3. The van der Waals surface area contributed by atoms with Gasteiger partial charge in [-0.25, -0.2) is 4.98 Å². The Labute approximate surface area is 128 Å². The summed E-state index contributed by atoms with van der Waals surface area (Å²) in [5.41, 5.74) is 5.15. The van der Waals surface area contributed by atoms with Gasteiger partial charge in [0.1, 0.15) is 5.65 Å². The van der Waals surface area contributed by atoms with Crippen LogP contribution in [0.15, 0.2) is 29.6 Å². The first-order valence-electron chi connectivity index (χ1n) is 6.72. The third-order valence-electron chi connectivity index (χ3n) is 3.19. The molecule has 10 heteroatoms. The van der Waals surface area contributed by atoms with Gasteiger partial charge in [0.2, 0.25) is 5.91 Å². The fourth-order valence-corrected chi connectivity index (χ4v) is 2.11. The van der Waals surface area contributed by atoms with E-state index in [2.05, 4.69) is 25.4 Å². The molecule has 0 saturated carbocycles. The van der Waals surface area contributed by atoms with E-state index in [0.29, 0.717) is 18.0 Å². The van der Waals surface area contributed by atoms with Gasteiger partial charge in [0, 0.05) is 31.4 Å². The lowest BCUT2D eigenvalue weighted by molar-refractivity contribution is -0.118. The van der Waals surface area contributed by atoms with Gasteiger partial charge in [0.05, 0.1) is 17.3 Å². The molecule has 3 heterocycles. The second-order valence-electron chi connectivity index (χ2n) is 4.79. The number of anilines is 1. The third kappa shape index (κ3) is 2.95. The molecule has 0 atom stereocenters. The van der Waals surface area contributed by atoms with E-state index < -0.39 is 17.4 Å². The zero-order chi connectivity index (χ0) is 16.4. The summed E-state index contributed by atoms with van der Waals surface area (Å²) in [4.78, 5) is 44.0. The van der Waals surface area contributed by atoms with Crippen molar-refractivity contribution in [1.29, 1.82) is 0 Å². The van der Waals surface area contributed by atoms with E-state index >= 15 is 0 Å². The Kier molecular flexibility index (Phi) is 3.63. The second kappa shape index (κ2) is 5.75. The number of aryl methyl sites for hydroxylation is 1. The number of nitrogens with one attached hydrogen (secondary N) is 3. The van der Waals surface area contributed by atoms with E-state index in [0.717, 1.165) is 0 Å². The number of carbonyl (C=O) groups is 2. The van der Waals surface area contributed by atoms with Crippen molar-refractivity contribution in [3.8, 4) is 0 Å². The topological polar surface area (TPSA) is 152 Å². The molecule has 0 unspecified atom stereocenters. The Hall–Kier alpha value is -3.43. The average Bonchev–Trinajstić information content (AvgIpc) is 3.12. The highest BCUT2D eigenvalue weighted by Crippen LogP contribution is 2.13. The van der Waals surface area contributed by atoms with Gasteiger partial charge in [-0.3, -0.25) is 19.1 Å². The summed E-state index contributed by atoms with van der Waals surface area (Å²) >= 11 is 0. The molecule has 0 bridgehead atoms. The van der Waals surface area contributed by atoms with Crippen molar-refractivity contribution in [1.82, 2.24) is 24.7 Å². The number of rotatable bonds is 5. The molecular formula is C13H13N7O3. The number of amides is 2. The van der Waals surface area contributed by atoms with E-state index in [1.54, 1.807) is 12.3 Å². The van der Waals surface area contributed by atoms with Crippen molar-refractivity contribution in [3.05, 3.63) is 40.7 Å². The number of carbonyl (C=O) groups excluding carboxylic acids is 2. The molecule has 0 radical (unpaired) electrons. The third-order valence-corrected chi connectivity index (χ3v) is 3.19. The number of H-pyrrole nitrogens is 2. The molecule has 10 nitrogen and oxygen atoms in total. The van der Waals surface area contributed by atoms with Crippen LogP contribution >= 0.6 is 0 Å². The minimum atomic E-state index is -0.491. The number of primary amides is 1. The van der Waals surface area contributed by atoms with E-state index in [1.165, 1.54) is 17.2 Å². The van der Waals surface area contributed by atoms with Crippen LogP contribution in [0.25, 0.3) is 11.0 Å². The number of aromatic nitrogens is 5. The lowest BCUT2D eigenvalue weighted by Gasteiger charge is -2.01. The maximum Gasteiger partial charge on any atom is 0.261 e. The van der Waals surface area contributed by atoms with Gasteiger partial charge < -0.3 is 21.0 Å². The number of hydrogen-bond donors (Lipinski definition) is 4. The van der Waals surface area contributed by atoms with Crippen LogP contribution in [0.1, 0.15) is 16.8 Å². The predicted octanol–water partition coefficient (Wildman–Crippen LogP) is -0.425. The Morgan fingerprint density at radius 3 is 2.96 bits per heavy atom. The monoisotopic (exact) mass is 315 g/mol. The standard InChI is InChI=1S/C13H13N7O3/c14-8(21)1-3-20-4-2-9(19-20)18-12(22)7-5-15-11-10(7)13(23)17-6-16-11/h2,4-6H,1,3H2,(H2,14,21)(H,18,19,22)(H2,15,16,17,23). The van der Waals surface area contributed by atoms with Gasteiger partial charge in [-0.05, 0) is 0 Å². The summed E-state index contributed by atoms with van der Waals surface area (Å²) in [5.74, 6) is -0.624. The SMILES string of the molecule is NC(=O)CCn1ccc(NC(=O)c2c[nH]c3nc[nH]c(=O)c23)n1. The van der Waals surface area contributed by atoms with Crippen molar-refractivity contribution >= 4 is 28.7 Å². The van der Waals surface area contributed by atoms with E-state index in [1.807, 2.05) is 0 Å². The van der Waals surface area contributed by atoms with Crippen LogP contribution in [-0.2, 0) is 11.3 Å². The van der Waals surface area contributed by atoms with Crippen molar-refractivity contribution in [3.63, 3.8) is 0 Å². The van der Waals surface area contributed by atoms with Crippen LogP contribution < -0.4 is 16.6 Å². The maximum absolute atomic E-state index is 12.3. The van der Waals surface area contributed by atoms with Gasteiger partial charge >= 0.3 is 0 Å². The molecule has 0 aliphatic heterocycles. The highest BCUT2D eigenvalue weighted by Gasteiger charge is 2.16. The molecule has 5 N–H and O–H groups in total. The Balaban J connectivity index is 1.79. The molecule has 0 fully saturated rings. The molecule has 3 rings (SSSR count). The number of nitrogens with two attached hydrogens (primary N) is 1. The molecule has 3 aromatic heterocycles. The molecule has 0 aliphatic carbocycles. The highest BCUT2D eigenvalue weighted by atomic mass is 16.2. The smallest absolute Gasteiger partial charge is 0.261 e. The van der Waals surface area contributed by atoms with Crippen LogP contribution in [-0.4, -0.2) is 36.5 Å². The van der Waals surface area contributed by atoms with Crippen LogP contribution in [0, 0.1) is 0 Å². The van der Waals surface area contributed by atoms with Gasteiger partial charge in [0.15, 0.2) is 5.82 Å². The normalized spacial score (nSPS) is 10.8. The quantitative estimate of drug-likeness (QED) is 0.503. The molecule has 3 aromatic rings. The average molecular weight is 315 g/mol. The molecular weight excluding hydrogens is 302 g/mol. The van der Waals surface area contributed by atoms with E-state index in [-0.39, 0.29) is 17.4 Å². The first-order chi connectivity index (χ1) is 11.0. The van der Waals surface area contributed by atoms with Crippen molar-refractivity contribution in [2.75, 3.05) is 5.32 Å². The first-order valence-corrected chi connectivity index (χ1v) is 6.72. The van der Waals surface area contributed by atoms with Gasteiger partial charge in [-0.15, -0.1) is 0 Å². The minimum absolute atomic E-state index is 0.151. The number of aromatic amines is 2. The van der Waals surface area contributed by atoms with Crippen molar-refractivity contribution < 1.29 is 9.59 Å². The molecule has 23 heavy (non-hydrogen) atoms.